The number of fused-ring (bicyclic) bond motifs is 3. The van der Waals surface area contributed by atoms with Gasteiger partial charge in [0, 0.05) is 54.5 Å². The van der Waals surface area contributed by atoms with E-state index in [0.717, 1.165) is 58.2 Å². The molecule has 0 fully saturated rings. The second-order valence-electron chi connectivity index (χ2n) is 8.92. The first-order valence-electron chi connectivity index (χ1n) is 12.4. The third-order valence-electron chi connectivity index (χ3n) is 6.71. The predicted molar refractivity (Wildman–Crippen MR) is 144 cm³/mol. The molecule has 0 aliphatic carbocycles. The van der Waals surface area contributed by atoms with Gasteiger partial charge in [0.15, 0.2) is 0 Å². The first kappa shape index (κ1) is 24.2. The maximum Gasteiger partial charge on any atom is 0.143 e. The van der Waals surface area contributed by atoms with Crippen molar-refractivity contribution in [2.24, 2.45) is 0 Å². The molecule has 0 saturated carbocycles. The Morgan fingerprint density at radius 2 is 1.69 bits per heavy atom. The number of imidazole rings is 1. The predicted octanol–water partition coefficient (Wildman–Crippen LogP) is 8.42. The van der Waals surface area contributed by atoms with Crippen molar-refractivity contribution in [3.63, 3.8) is 0 Å². The second kappa shape index (κ2) is 10.3. The molecule has 0 N–H and O–H groups in total. The van der Waals surface area contributed by atoms with Crippen LogP contribution in [0, 0.1) is 6.07 Å². The molecule has 6 aromatic rings. The fourth-order valence-corrected chi connectivity index (χ4v) is 5.14. The molecule has 1 radical (unpaired) electrons. The summed E-state index contributed by atoms with van der Waals surface area (Å²) in [4.78, 5) is 4.70. The molecule has 0 bridgehead atoms. The molecule has 4 heteroatoms. The van der Waals surface area contributed by atoms with Crippen LogP contribution in [0.2, 0.25) is 0 Å². The van der Waals surface area contributed by atoms with E-state index < -0.39 is 0 Å². The molecule has 3 nitrogen and oxygen atoms in total. The minimum absolute atomic E-state index is 0. The Morgan fingerprint density at radius 3 is 2.50 bits per heavy atom. The summed E-state index contributed by atoms with van der Waals surface area (Å²) in [5.41, 5.74) is 9.08. The van der Waals surface area contributed by atoms with Crippen LogP contribution in [-0.2, 0) is 32.9 Å². The first-order chi connectivity index (χ1) is 17.3. The maximum atomic E-state index is 6.37. The van der Waals surface area contributed by atoms with Gasteiger partial charge in [-0.3, -0.25) is 4.98 Å². The van der Waals surface area contributed by atoms with Crippen LogP contribution in [0.15, 0.2) is 95.7 Å². The van der Waals surface area contributed by atoms with Crippen LogP contribution in [0.25, 0.3) is 50.1 Å². The van der Waals surface area contributed by atoms with Gasteiger partial charge in [0.25, 0.3) is 0 Å². The number of hydrogen-bond donors (Lipinski definition) is 0. The Morgan fingerprint density at radius 1 is 0.889 bits per heavy atom. The van der Waals surface area contributed by atoms with Gasteiger partial charge in [0.2, 0.25) is 0 Å². The molecule has 36 heavy (non-hydrogen) atoms. The number of aryl methyl sites for hydroxylation is 2. The Balaban J connectivity index is 0.00000267. The molecule has 0 unspecified atom stereocenters. The molecule has 2 heterocycles. The van der Waals surface area contributed by atoms with E-state index >= 15 is 0 Å². The molecule has 4 aromatic carbocycles. The van der Waals surface area contributed by atoms with Gasteiger partial charge in [0.05, 0.1) is 5.82 Å². The number of hydrogen-bond acceptors (Lipinski definition) is 2. The topological polar surface area (TPSA) is 31.0 Å². The largest absolute Gasteiger partial charge is 0.455 e. The SMILES string of the molecule is CCCc1cc(-c2cccc3c2oc2ccccc23)cc(CC)c1-n1ccnc1-c1[c-]cccc1.[Ir]. The van der Waals surface area contributed by atoms with Crippen molar-refractivity contribution in [3.8, 4) is 28.2 Å². The number of aromatic nitrogens is 2. The summed E-state index contributed by atoms with van der Waals surface area (Å²) in [7, 11) is 0. The zero-order valence-electron chi connectivity index (χ0n) is 20.4. The minimum atomic E-state index is 0. The van der Waals surface area contributed by atoms with Gasteiger partial charge in [-0.1, -0.05) is 56.7 Å². The van der Waals surface area contributed by atoms with E-state index in [9.17, 15) is 0 Å². The van der Waals surface area contributed by atoms with E-state index in [1.807, 2.05) is 36.5 Å². The van der Waals surface area contributed by atoms with Gasteiger partial charge in [-0.15, -0.1) is 35.9 Å². The van der Waals surface area contributed by atoms with Gasteiger partial charge in [-0.05, 0) is 47.7 Å². The van der Waals surface area contributed by atoms with Crippen LogP contribution in [0.5, 0.6) is 0 Å². The zero-order valence-corrected chi connectivity index (χ0v) is 22.8. The molecule has 0 atom stereocenters. The van der Waals surface area contributed by atoms with Gasteiger partial charge >= 0.3 is 0 Å². The normalized spacial score (nSPS) is 11.2. The molecule has 0 spiro atoms. The third-order valence-corrected chi connectivity index (χ3v) is 6.71. The van der Waals surface area contributed by atoms with E-state index in [0.29, 0.717) is 0 Å². The van der Waals surface area contributed by atoms with Crippen LogP contribution in [0.4, 0.5) is 0 Å². The molecule has 2 aromatic heterocycles. The van der Waals surface area contributed by atoms with Crippen molar-refractivity contribution in [1.82, 2.24) is 9.55 Å². The van der Waals surface area contributed by atoms with Crippen molar-refractivity contribution < 1.29 is 24.5 Å². The van der Waals surface area contributed by atoms with E-state index in [1.165, 1.54) is 22.4 Å². The number of nitrogens with zero attached hydrogens (tertiary/aromatic N) is 2. The maximum absolute atomic E-state index is 6.37. The second-order valence-corrected chi connectivity index (χ2v) is 8.92. The van der Waals surface area contributed by atoms with Crippen molar-refractivity contribution in [2.75, 3.05) is 0 Å². The Hall–Kier alpha value is -3.46. The summed E-state index contributed by atoms with van der Waals surface area (Å²) >= 11 is 0. The summed E-state index contributed by atoms with van der Waals surface area (Å²) in [6.07, 6.45) is 6.93. The van der Waals surface area contributed by atoms with Crippen LogP contribution in [-0.4, -0.2) is 9.55 Å². The Kier molecular flexibility index (Phi) is 6.91. The van der Waals surface area contributed by atoms with Gasteiger partial charge in [-0.25, -0.2) is 0 Å². The summed E-state index contributed by atoms with van der Waals surface area (Å²) in [6, 6.07) is 30.8. The smallest absolute Gasteiger partial charge is 0.143 e. The average molecular weight is 648 g/mol. The zero-order chi connectivity index (χ0) is 23.8. The monoisotopic (exact) mass is 648 g/mol. The summed E-state index contributed by atoms with van der Waals surface area (Å²) in [5.74, 6) is 0.921. The first-order valence-corrected chi connectivity index (χ1v) is 12.4. The number of benzene rings is 4. The van der Waals surface area contributed by atoms with E-state index in [4.69, 9.17) is 9.40 Å². The third kappa shape index (κ3) is 4.11. The van der Waals surface area contributed by atoms with E-state index in [2.05, 4.69) is 79.2 Å². The van der Waals surface area contributed by atoms with Crippen LogP contribution in [0.1, 0.15) is 31.4 Å². The molecule has 181 valence electrons. The number of rotatable bonds is 6. The van der Waals surface area contributed by atoms with E-state index in [-0.39, 0.29) is 20.1 Å². The van der Waals surface area contributed by atoms with Crippen molar-refractivity contribution in [2.45, 2.75) is 33.1 Å². The summed E-state index contributed by atoms with van der Waals surface area (Å²) in [6.45, 7) is 4.47. The number of para-hydroxylation sites is 2. The van der Waals surface area contributed by atoms with Gasteiger partial charge in [0.1, 0.15) is 11.2 Å². The molecule has 0 aliphatic rings. The van der Waals surface area contributed by atoms with Crippen LogP contribution < -0.4 is 0 Å². The minimum Gasteiger partial charge on any atom is -0.455 e. The van der Waals surface area contributed by atoms with Crippen molar-refractivity contribution >= 4 is 21.9 Å². The van der Waals surface area contributed by atoms with E-state index in [1.54, 1.807) is 0 Å². The summed E-state index contributed by atoms with van der Waals surface area (Å²) < 4.78 is 8.61. The molecular formula is C32H27IrN2O-. The Bertz CT molecular complexity index is 1650. The standard InChI is InChI=1S/C32H27N2O.Ir/c1-3-11-24-21-25(26-15-10-16-28-27-14-8-9-17-29(27)35-31(26)28)20-22(4-2)30(24)34-19-18-33-32(34)23-12-6-5-7-13-23;/h5-10,12,14-21H,3-4,11H2,1-2H3;/q-1;. The average Bonchev–Trinajstić information content (AvgIpc) is 3.54. The molecule has 0 saturated heterocycles. The quantitative estimate of drug-likeness (QED) is 0.170. The van der Waals surface area contributed by atoms with Crippen molar-refractivity contribution in [1.29, 1.82) is 0 Å². The van der Waals surface area contributed by atoms with Gasteiger partial charge in [-0.2, -0.15) is 0 Å². The fourth-order valence-electron chi connectivity index (χ4n) is 5.14. The van der Waals surface area contributed by atoms with Crippen molar-refractivity contribution in [3.05, 3.63) is 108 Å². The molecule has 0 aliphatic heterocycles. The molecule has 0 amide bonds. The van der Waals surface area contributed by atoms with Crippen LogP contribution in [0.3, 0.4) is 0 Å². The fraction of sp³-hybridized carbons (Fsp3) is 0.156. The summed E-state index contributed by atoms with van der Waals surface area (Å²) in [5, 5.41) is 2.32. The van der Waals surface area contributed by atoms with Crippen LogP contribution >= 0.6 is 0 Å². The molecule has 6 rings (SSSR count). The van der Waals surface area contributed by atoms with Gasteiger partial charge < -0.3 is 8.98 Å². The number of furan rings is 1. The Labute approximate surface area is 225 Å². The molecular weight excluding hydrogens is 621 g/mol.